The molecule has 1 aromatic carbocycles. The zero-order valence-corrected chi connectivity index (χ0v) is 10.4. The average Bonchev–Trinajstić information content (AvgIpc) is 2.14. The fourth-order valence-corrected chi connectivity index (χ4v) is 2.71. The Hall–Kier alpha value is -0.870. The van der Waals surface area contributed by atoms with E-state index in [1.165, 1.54) is 11.8 Å². The summed E-state index contributed by atoms with van der Waals surface area (Å²) in [6.45, 7) is 1.77. The van der Waals surface area contributed by atoms with Gasteiger partial charge >= 0.3 is 0 Å². The van der Waals surface area contributed by atoms with Gasteiger partial charge in [0, 0.05) is 23.7 Å². The van der Waals surface area contributed by atoms with Crippen molar-refractivity contribution in [3.05, 3.63) is 23.2 Å². The van der Waals surface area contributed by atoms with Gasteiger partial charge in [-0.15, -0.1) is 11.8 Å². The van der Waals surface area contributed by atoms with E-state index in [1.807, 2.05) is 4.90 Å². The summed E-state index contributed by atoms with van der Waals surface area (Å²) in [6, 6.07) is 5.38. The quantitative estimate of drug-likeness (QED) is 0.667. The van der Waals surface area contributed by atoms with Crippen LogP contribution in [0.3, 0.4) is 0 Å². The molecule has 1 saturated heterocycles. The second-order valence-electron chi connectivity index (χ2n) is 3.68. The van der Waals surface area contributed by atoms with Crippen LogP contribution in [-0.4, -0.2) is 29.6 Å². The van der Waals surface area contributed by atoms with Gasteiger partial charge < -0.3 is 10.6 Å². The molecule has 0 radical (unpaired) electrons. The fraction of sp³-hybridized carbons (Fsp3) is 0.364. The maximum absolute atomic E-state index is 11.6. The maximum atomic E-state index is 11.6. The van der Waals surface area contributed by atoms with Crippen molar-refractivity contribution >= 4 is 35.0 Å². The number of nitrogens with zero attached hydrogens (tertiary/aromatic N) is 1. The van der Waals surface area contributed by atoms with Crippen molar-refractivity contribution < 1.29 is 4.79 Å². The number of amides is 1. The molecule has 1 aliphatic rings. The first-order valence-corrected chi connectivity index (χ1v) is 6.49. The molecule has 1 aliphatic heterocycles. The molecule has 5 heteroatoms. The van der Waals surface area contributed by atoms with Crippen molar-refractivity contribution in [3.63, 3.8) is 0 Å². The Morgan fingerprint density at radius 2 is 2.25 bits per heavy atom. The van der Waals surface area contributed by atoms with E-state index in [0.29, 0.717) is 16.5 Å². The number of carbonyl (C=O) groups excluding carboxylic acids is 1. The van der Waals surface area contributed by atoms with E-state index in [1.54, 1.807) is 18.2 Å². The Morgan fingerprint density at radius 3 is 2.81 bits per heavy atom. The topological polar surface area (TPSA) is 46.3 Å². The van der Waals surface area contributed by atoms with E-state index in [9.17, 15) is 4.79 Å². The molecule has 0 atom stereocenters. The molecule has 0 saturated carbocycles. The molecule has 2 N–H and O–H groups in total. The van der Waals surface area contributed by atoms with Gasteiger partial charge in [0.05, 0.1) is 10.8 Å². The highest BCUT2D eigenvalue weighted by atomic mass is 35.5. The lowest BCUT2D eigenvalue weighted by Gasteiger charge is -2.30. The molecule has 86 valence electrons. The second kappa shape index (κ2) is 4.97. The molecule has 1 amide bonds. The van der Waals surface area contributed by atoms with Crippen LogP contribution in [-0.2, 0) is 4.79 Å². The lowest BCUT2D eigenvalue weighted by molar-refractivity contribution is -0.131. The zero-order chi connectivity index (χ0) is 11.5. The van der Waals surface area contributed by atoms with E-state index in [-0.39, 0.29) is 5.91 Å². The van der Waals surface area contributed by atoms with E-state index in [4.69, 9.17) is 17.3 Å². The Balaban J connectivity index is 1.96. The van der Waals surface area contributed by atoms with Crippen LogP contribution >= 0.6 is 23.4 Å². The van der Waals surface area contributed by atoms with Gasteiger partial charge in [0.2, 0.25) is 5.91 Å². The van der Waals surface area contributed by atoms with Crippen molar-refractivity contribution in [2.45, 2.75) is 11.3 Å². The van der Waals surface area contributed by atoms with Gasteiger partial charge in [-0.25, -0.2) is 0 Å². The average molecular weight is 257 g/mol. The van der Waals surface area contributed by atoms with E-state index in [0.717, 1.165) is 24.4 Å². The van der Waals surface area contributed by atoms with Crippen molar-refractivity contribution in [3.8, 4) is 0 Å². The predicted octanol–water partition coefficient (Wildman–Crippen LogP) is 2.25. The monoisotopic (exact) mass is 256 g/mol. The number of likely N-dealkylation sites (tertiary alicyclic amines) is 1. The van der Waals surface area contributed by atoms with Crippen molar-refractivity contribution in [2.24, 2.45) is 0 Å². The minimum absolute atomic E-state index is 0.163. The molecule has 0 unspecified atom stereocenters. The summed E-state index contributed by atoms with van der Waals surface area (Å²) in [5.74, 6) is 0.573. The highest BCUT2D eigenvalue weighted by Crippen LogP contribution is 2.32. The Kier molecular flexibility index (Phi) is 3.61. The molecule has 1 fully saturated rings. The molecule has 16 heavy (non-hydrogen) atoms. The van der Waals surface area contributed by atoms with E-state index >= 15 is 0 Å². The number of hydrogen-bond acceptors (Lipinski definition) is 3. The number of nitrogens with two attached hydrogens (primary N) is 1. The highest BCUT2D eigenvalue weighted by Gasteiger charge is 2.20. The lowest BCUT2D eigenvalue weighted by Crippen LogP contribution is -2.43. The molecule has 1 aromatic rings. The first kappa shape index (κ1) is 11.6. The third kappa shape index (κ3) is 2.44. The number of halogens is 1. The van der Waals surface area contributed by atoms with Crippen molar-refractivity contribution in [1.29, 1.82) is 0 Å². The Bertz CT molecular complexity index is 387. The van der Waals surface area contributed by atoms with Crippen LogP contribution in [0.25, 0.3) is 0 Å². The number of hydrogen-bond donors (Lipinski definition) is 1. The van der Waals surface area contributed by atoms with Crippen molar-refractivity contribution in [2.75, 3.05) is 24.6 Å². The third-order valence-electron chi connectivity index (χ3n) is 2.55. The molecule has 0 spiro atoms. The second-order valence-corrected chi connectivity index (χ2v) is 5.07. The molecular formula is C11H13ClN2OS. The highest BCUT2D eigenvalue weighted by molar-refractivity contribution is 8.00. The van der Waals surface area contributed by atoms with Crippen LogP contribution in [0.5, 0.6) is 0 Å². The van der Waals surface area contributed by atoms with Crippen LogP contribution < -0.4 is 5.73 Å². The molecule has 3 nitrogen and oxygen atoms in total. The summed E-state index contributed by atoms with van der Waals surface area (Å²) >= 11 is 7.43. The first-order valence-electron chi connectivity index (χ1n) is 5.13. The molecule has 0 aliphatic carbocycles. The standard InChI is InChI=1S/C11H13ClN2OS/c12-8-3-1-4-9(13)11(8)16-7-10(15)14-5-2-6-14/h1,3-4H,2,5-7,13H2. The van der Waals surface area contributed by atoms with Crippen molar-refractivity contribution in [1.82, 2.24) is 4.90 Å². The summed E-state index contributed by atoms with van der Waals surface area (Å²) in [6.07, 6.45) is 1.12. The number of thioether (sulfide) groups is 1. The molecular weight excluding hydrogens is 244 g/mol. The molecule has 0 bridgehead atoms. The number of anilines is 1. The number of nitrogen functional groups attached to an aromatic ring is 1. The van der Waals surface area contributed by atoms with Gasteiger partial charge in [0.15, 0.2) is 0 Å². The minimum Gasteiger partial charge on any atom is -0.398 e. The number of benzene rings is 1. The molecule has 0 aromatic heterocycles. The van der Waals surface area contributed by atoms with Crippen LogP contribution in [0.1, 0.15) is 6.42 Å². The number of rotatable bonds is 3. The van der Waals surface area contributed by atoms with E-state index < -0.39 is 0 Å². The minimum atomic E-state index is 0.163. The Labute approximate surface area is 104 Å². The van der Waals surface area contributed by atoms with Gasteiger partial charge in [-0.2, -0.15) is 0 Å². The maximum Gasteiger partial charge on any atom is 0.232 e. The van der Waals surface area contributed by atoms with Gasteiger partial charge in [-0.1, -0.05) is 17.7 Å². The third-order valence-corrected chi connectivity index (χ3v) is 4.11. The number of carbonyl (C=O) groups is 1. The van der Waals surface area contributed by atoms with Crippen LogP contribution in [0.2, 0.25) is 5.02 Å². The van der Waals surface area contributed by atoms with Gasteiger partial charge in [0.25, 0.3) is 0 Å². The van der Waals surface area contributed by atoms with Crippen LogP contribution in [0.4, 0.5) is 5.69 Å². The summed E-state index contributed by atoms with van der Waals surface area (Å²) in [7, 11) is 0. The van der Waals surface area contributed by atoms with Gasteiger partial charge in [0.1, 0.15) is 0 Å². The summed E-state index contributed by atoms with van der Waals surface area (Å²) in [4.78, 5) is 14.3. The molecule has 2 rings (SSSR count). The normalized spacial score (nSPS) is 14.7. The predicted molar refractivity (Wildman–Crippen MR) is 67.8 cm³/mol. The molecule has 1 heterocycles. The summed E-state index contributed by atoms with van der Waals surface area (Å²) < 4.78 is 0. The van der Waals surface area contributed by atoms with E-state index in [2.05, 4.69) is 0 Å². The van der Waals surface area contributed by atoms with Gasteiger partial charge in [-0.3, -0.25) is 4.79 Å². The SMILES string of the molecule is Nc1cccc(Cl)c1SCC(=O)N1CCC1. The van der Waals surface area contributed by atoms with Gasteiger partial charge in [-0.05, 0) is 18.6 Å². The van der Waals surface area contributed by atoms with Crippen LogP contribution in [0.15, 0.2) is 23.1 Å². The lowest BCUT2D eigenvalue weighted by atomic mass is 10.2. The summed E-state index contributed by atoms with van der Waals surface area (Å²) in [5, 5.41) is 0.612. The zero-order valence-electron chi connectivity index (χ0n) is 8.78. The summed E-state index contributed by atoms with van der Waals surface area (Å²) in [5.41, 5.74) is 6.43. The largest absolute Gasteiger partial charge is 0.398 e. The van der Waals surface area contributed by atoms with Crippen LogP contribution in [0, 0.1) is 0 Å². The Morgan fingerprint density at radius 1 is 1.50 bits per heavy atom. The smallest absolute Gasteiger partial charge is 0.232 e. The first-order chi connectivity index (χ1) is 7.68. The fourth-order valence-electron chi connectivity index (χ4n) is 1.47.